The number of ether oxygens (including phenoxy) is 1. The number of unbranched alkanes of at least 4 members (excludes halogenated alkanes) is 1. The second kappa shape index (κ2) is 13.4. The molecule has 2 aromatic rings. The SMILES string of the molecule is CCC(CCCCO)C(O)Cc1cc(CCOCC(F)(F)c2ccc(C(C)(C)C)cn2)ccc1C. The zero-order chi connectivity index (χ0) is 26.1. The molecule has 2 atom stereocenters. The van der Waals surface area contributed by atoms with E-state index in [0.717, 1.165) is 47.9 Å². The molecule has 0 saturated carbocycles. The van der Waals surface area contributed by atoms with E-state index in [9.17, 15) is 13.9 Å². The van der Waals surface area contributed by atoms with E-state index in [4.69, 9.17) is 9.84 Å². The van der Waals surface area contributed by atoms with Crippen molar-refractivity contribution in [2.75, 3.05) is 19.8 Å². The van der Waals surface area contributed by atoms with Crippen LogP contribution in [-0.4, -0.2) is 41.1 Å². The Morgan fingerprint density at radius 3 is 2.43 bits per heavy atom. The van der Waals surface area contributed by atoms with Gasteiger partial charge in [-0.2, -0.15) is 8.78 Å². The minimum atomic E-state index is -3.15. The molecule has 2 rings (SSSR count). The smallest absolute Gasteiger partial charge is 0.312 e. The highest BCUT2D eigenvalue weighted by atomic mass is 19.3. The third-order valence-electron chi connectivity index (χ3n) is 6.72. The number of hydrogen-bond donors (Lipinski definition) is 2. The average molecular weight is 492 g/mol. The van der Waals surface area contributed by atoms with Crippen molar-refractivity contribution in [2.45, 2.75) is 90.6 Å². The van der Waals surface area contributed by atoms with E-state index >= 15 is 0 Å². The lowest BCUT2D eigenvalue weighted by Gasteiger charge is -2.23. The Labute approximate surface area is 209 Å². The summed E-state index contributed by atoms with van der Waals surface area (Å²) < 4.78 is 34.5. The number of aromatic nitrogens is 1. The Kier molecular flexibility index (Phi) is 11.3. The molecule has 0 amide bonds. The van der Waals surface area contributed by atoms with E-state index in [0.29, 0.717) is 12.8 Å². The molecule has 0 radical (unpaired) electrons. The second-order valence-corrected chi connectivity index (χ2v) is 10.6. The monoisotopic (exact) mass is 491 g/mol. The first kappa shape index (κ1) is 29.3. The van der Waals surface area contributed by atoms with Crippen LogP contribution in [0.4, 0.5) is 8.78 Å². The van der Waals surface area contributed by atoms with E-state index in [1.807, 2.05) is 45.9 Å². The van der Waals surface area contributed by atoms with E-state index in [2.05, 4.69) is 11.9 Å². The van der Waals surface area contributed by atoms with Crippen molar-refractivity contribution in [1.29, 1.82) is 0 Å². The maximum Gasteiger partial charge on any atom is 0.312 e. The molecule has 1 heterocycles. The summed E-state index contributed by atoms with van der Waals surface area (Å²) in [5.41, 5.74) is 3.68. The number of hydrogen-bond acceptors (Lipinski definition) is 4. The lowest BCUT2D eigenvalue weighted by Crippen LogP contribution is -2.24. The number of nitrogens with zero attached hydrogens (tertiary/aromatic N) is 1. The molecule has 6 heteroatoms. The minimum Gasteiger partial charge on any atom is -0.396 e. The molecule has 2 unspecified atom stereocenters. The van der Waals surface area contributed by atoms with Crippen molar-refractivity contribution < 1.29 is 23.7 Å². The van der Waals surface area contributed by atoms with Gasteiger partial charge in [0, 0.05) is 12.8 Å². The number of aliphatic hydroxyl groups excluding tert-OH is 2. The Hall–Kier alpha value is -1.89. The highest BCUT2D eigenvalue weighted by molar-refractivity contribution is 5.32. The quantitative estimate of drug-likeness (QED) is 0.312. The van der Waals surface area contributed by atoms with Crippen LogP contribution in [0.2, 0.25) is 0 Å². The summed E-state index contributed by atoms with van der Waals surface area (Å²) in [5, 5.41) is 19.8. The van der Waals surface area contributed by atoms with Crippen LogP contribution in [0.1, 0.15) is 81.3 Å². The average Bonchev–Trinajstić information content (AvgIpc) is 2.81. The fourth-order valence-electron chi connectivity index (χ4n) is 4.20. The molecule has 0 spiro atoms. The number of aliphatic hydroxyl groups is 2. The zero-order valence-corrected chi connectivity index (χ0v) is 22.0. The molecular weight excluding hydrogens is 448 g/mol. The standard InChI is InChI=1S/C29H43F2NO3/c1-6-23(9-7-8-15-33)26(34)18-24-17-22(11-10-21(24)2)14-16-35-20-29(30,31)27-13-12-25(19-32-27)28(3,4)5/h10-13,17,19,23,26,33-34H,6-9,14-16,18,20H2,1-5H3. The molecule has 0 bridgehead atoms. The fourth-order valence-corrected chi connectivity index (χ4v) is 4.20. The predicted octanol–water partition coefficient (Wildman–Crippen LogP) is 6.13. The van der Waals surface area contributed by atoms with Crippen LogP contribution in [-0.2, 0) is 28.9 Å². The Morgan fingerprint density at radius 2 is 1.83 bits per heavy atom. The molecule has 2 N–H and O–H groups in total. The van der Waals surface area contributed by atoms with E-state index < -0.39 is 18.6 Å². The Morgan fingerprint density at radius 1 is 1.09 bits per heavy atom. The summed E-state index contributed by atoms with van der Waals surface area (Å²) in [6.45, 7) is 9.81. The Balaban J connectivity index is 1.90. The van der Waals surface area contributed by atoms with Gasteiger partial charge in [0.05, 0.1) is 12.7 Å². The normalized spacial score (nSPS) is 14.2. The van der Waals surface area contributed by atoms with Crippen LogP contribution in [0.25, 0.3) is 0 Å². The molecule has 0 aliphatic rings. The summed E-state index contributed by atoms with van der Waals surface area (Å²) in [4.78, 5) is 3.98. The highest BCUT2D eigenvalue weighted by Crippen LogP contribution is 2.29. The third-order valence-corrected chi connectivity index (χ3v) is 6.72. The van der Waals surface area contributed by atoms with Crippen molar-refractivity contribution in [3.8, 4) is 0 Å². The fraction of sp³-hybridized carbons (Fsp3) is 0.621. The molecule has 0 aliphatic heterocycles. The molecule has 1 aromatic heterocycles. The van der Waals surface area contributed by atoms with Crippen LogP contribution in [0, 0.1) is 12.8 Å². The summed E-state index contributed by atoms with van der Waals surface area (Å²) in [5.74, 6) is -2.95. The first-order valence-electron chi connectivity index (χ1n) is 12.8. The van der Waals surface area contributed by atoms with Gasteiger partial charge in [-0.1, -0.05) is 64.8 Å². The summed E-state index contributed by atoms with van der Waals surface area (Å²) in [6, 6.07) is 9.13. The van der Waals surface area contributed by atoms with Crippen molar-refractivity contribution >= 4 is 0 Å². The van der Waals surface area contributed by atoms with Gasteiger partial charge in [0.25, 0.3) is 0 Å². The Bertz CT molecular complexity index is 894. The van der Waals surface area contributed by atoms with E-state index in [-0.39, 0.29) is 30.2 Å². The number of halogens is 2. The molecule has 196 valence electrons. The van der Waals surface area contributed by atoms with Crippen LogP contribution < -0.4 is 0 Å². The maximum absolute atomic E-state index is 14.6. The van der Waals surface area contributed by atoms with Gasteiger partial charge in [-0.05, 0) is 72.3 Å². The van der Waals surface area contributed by atoms with Crippen molar-refractivity contribution in [3.05, 3.63) is 64.5 Å². The van der Waals surface area contributed by atoms with Gasteiger partial charge in [-0.15, -0.1) is 0 Å². The molecule has 4 nitrogen and oxygen atoms in total. The van der Waals surface area contributed by atoms with Gasteiger partial charge in [-0.3, -0.25) is 4.98 Å². The van der Waals surface area contributed by atoms with E-state index in [1.165, 1.54) is 12.3 Å². The first-order valence-corrected chi connectivity index (χ1v) is 12.8. The van der Waals surface area contributed by atoms with Crippen molar-refractivity contribution in [2.24, 2.45) is 5.92 Å². The van der Waals surface area contributed by atoms with Crippen LogP contribution in [0.3, 0.4) is 0 Å². The van der Waals surface area contributed by atoms with E-state index in [1.54, 1.807) is 6.07 Å². The van der Waals surface area contributed by atoms with Crippen LogP contribution >= 0.6 is 0 Å². The lowest BCUT2D eigenvalue weighted by molar-refractivity contribution is -0.0851. The van der Waals surface area contributed by atoms with Gasteiger partial charge in [-0.25, -0.2) is 0 Å². The van der Waals surface area contributed by atoms with Crippen molar-refractivity contribution in [1.82, 2.24) is 4.98 Å². The van der Waals surface area contributed by atoms with Gasteiger partial charge in [0.1, 0.15) is 12.3 Å². The summed E-state index contributed by atoms with van der Waals surface area (Å²) in [6.07, 6.45) is 5.60. The second-order valence-electron chi connectivity index (χ2n) is 10.6. The molecule has 1 aromatic carbocycles. The van der Waals surface area contributed by atoms with Gasteiger partial charge in [0.15, 0.2) is 0 Å². The minimum absolute atomic E-state index is 0.141. The predicted molar refractivity (Wildman–Crippen MR) is 137 cm³/mol. The number of aryl methyl sites for hydroxylation is 1. The first-order chi connectivity index (χ1) is 16.5. The number of benzene rings is 1. The summed E-state index contributed by atoms with van der Waals surface area (Å²) >= 11 is 0. The highest BCUT2D eigenvalue weighted by Gasteiger charge is 2.34. The van der Waals surface area contributed by atoms with Crippen LogP contribution in [0.15, 0.2) is 36.5 Å². The number of pyridine rings is 1. The van der Waals surface area contributed by atoms with Crippen molar-refractivity contribution in [3.63, 3.8) is 0 Å². The van der Waals surface area contributed by atoms with Gasteiger partial charge >= 0.3 is 5.92 Å². The molecule has 35 heavy (non-hydrogen) atoms. The lowest BCUT2D eigenvalue weighted by atomic mass is 9.88. The number of alkyl halides is 2. The third kappa shape index (κ3) is 9.25. The molecule has 0 aliphatic carbocycles. The van der Waals surface area contributed by atoms with Crippen LogP contribution in [0.5, 0.6) is 0 Å². The largest absolute Gasteiger partial charge is 0.396 e. The summed E-state index contributed by atoms with van der Waals surface area (Å²) in [7, 11) is 0. The van der Waals surface area contributed by atoms with Gasteiger partial charge in [0.2, 0.25) is 0 Å². The topological polar surface area (TPSA) is 62.6 Å². The molecular formula is C29H43F2NO3. The zero-order valence-electron chi connectivity index (χ0n) is 22.0. The number of rotatable bonds is 14. The molecule has 0 saturated heterocycles. The van der Waals surface area contributed by atoms with Gasteiger partial charge < -0.3 is 14.9 Å². The molecule has 0 fully saturated rings. The maximum atomic E-state index is 14.6.